The molecule has 0 aliphatic carbocycles. The second-order valence-electron chi connectivity index (χ2n) is 6.22. The zero-order valence-corrected chi connectivity index (χ0v) is 13.0. The topological polar surface area (TPSA) is 85.3 Å². The quantitative estimate of drug-likeness (QED) is 0.597. The van der Waals surface area contributed by atoms with Crippen molar-refractivity contribution in [1.29, 1.82) is 0 Å². The average molecular weight is 322 g/mol. The lowest BCUT2D eigenvalue weighted by Gasteiger charge is -2.31. The average Bonchev–Trinajstić information content (AvgIpc) is 2.93. The fraction of sp³-hybridized carbons (Fsp3) is 0.211. The summed E-state index contributed by atoms with van der Waals surface area (Å²) >= 11 is 0. The second-order valence-corrected chi connectivity index (χ2v) is 6.22. The predicted molar refractivity (Wildman–Crippen MR) is 91.1 cm³/mol. The number of para-hydroxylation sites is 2. The van der Waals surface area contributed by atoms with Gasteiger partial charge in [-0.3, -0.25) is 4.79 Å². The van der Waals surface area contributed by atoms with E-state index in [-0.39, 0.29) is 24.3 Å². The minimum Gasteiger partial charge on any atom is -0.508 e. The minimum absolute atomic E-state index is 0.0447. The van der Waals surface area contributed by atoms with Crippen molar-refractivity contribution in [3.63, 3.8) is 0 Å². The van der Waals surface area contributed by atoms with E-state index in [1.165, 1.54) is 0 Å². The lowest BCUT2D eigenvalue weighted by molar-refractivity contribution is -0.137. The van der Waals surface area contributed by atoms with Crippen LogP contribution in [0.2, 0.25) is 0 Å². The molecule has 0 saturated carbocycles. The molecule has 3 aromatic rings. The van der Waals surface area contributed by atoms with Gasteiger partial charge >= 0.3 is 5.97 Å². The van der Waals surface area contributed by atoms with Gasteiger partial charge in [-0.15, -0.1) is 0 Å². The minimum atomic E-state index is -0.827. The van der Waals surface area contributed by atoms with Gasteiger partial charge in [0.15, 0.2) is 0 Å². The molecular formula is C19H18N2O3. The Morgan fingerprint density at radius 3 is 2.67 bits per heavy atom. The number of phenolic OH excluding ortho intramolecular Hbond substituents is 1. The van der Waals surface area contributed by atoms with Crippen LogP contribution in [0.15, 0.2) is 48.5 Å². The van der Waals surface area contributed by atoms with Gasteiger partial charge in [0.2, 0.25) is 0 Å². The molecule has 0 radical (unpaired) electrons. The molecule has 1 aliphatic heterocycles. The number of aromatic amines is 1. The molecule has 122 valence electrons. The summed E-state index contributed by atoms with van der Waals surface area (Å²) in [6.07, 6.45) is 0.693. The summed E-state index contributed by atoms with van der Waals surface area (Å²) < 4.78 is 0. The van der Waals surface area contributed by atoms with E-state index in [1.54, 1.807) is 12.1 Å². The molecule has 24 heavy (non-hydrogen) atoms. The van der Waals surface area contributed by atoms with Crippen LogP contribution in [0.4, 0.5) is 0 Å². The normalized spacial score (nSPS) is 20.0. The number of carboxylic acid groups (broad SMARTS) is 1. The number of hydrogen-bond donors (Lipinski definition) is 4. The highest BCUT2D eigenvalue weighted by Gasteiger charge is 2.32. The highest BCUT2D eigenvalue weighted by atomic mass is 16.4. The number of rotatable bonds is 3. The maximum absolute atomic E-state index is 11.2. The Hall–Kier alpha value is -2.79. The third-order valence-corrected chi connectivity index (χ3v) is 4.66. The van der Waals surface area contributed by atoms with Gasteiger partial charge in [-0.05, 0) is 24.1 Å². The fourth-order valence-electron chi connectivity index (χ4n) is 3.63. The smallest absolute Gasteiger partial charge is 0.304 e. The first kappa shape index (κ1) is 14.8. The molecule has 1 aliphatic rings. The van der Waals surface area contributed by atoms with E-state index in [0.29, 0.717) is 6.42 Å². The highest BCUT2D eigenvalue weighted by molar-refractivity contribution is 5.85. The Balaban J connectivity index is 1.87. The van der Waals surface area contributed by atoms with Crippen molar-refractivity contribution in [1.82, 2.24) is 10.3 Å². The monoisotopic (exact) mass is 322 g/mol. The van der Waals surface area contributed by atoms with Crippen molar-refractivity contribution in [2.75, 3.05) is 0 Å². The van der Waals surface area contributed by atoms with Gasteiger partial charge in [-0.1, -0.05) is 36.4 Å². The second kappa shape index (κ2) is 5.69. The third kappa shape index (κ3) is 2.43. The van der Waals surface area contributed by atoms with Crippen LogP contribution in [0, 0.1) is 0 Å². The Labute approximate surface area is 138 Å². The fourth-order valence-corrected chi connectivity index (χ4v) is 3.63. The van der Waals surface area contributed by atoms with Gasteiger partial charge in [0.25, 0.3) is 0 Å². The Morgan fingerprint density at radius 1 is 1.12 bits per heavy atom. The number of phenols is 1. The first-order chi connectivity index (χ1) is 11.6. The molecule has 0 amide bonds. The molecular weight excluding hydrogens is 304 g/mol. The summed E-state index contributed by atoms with van der Waals surface area (Å²) in [5.41, 5.74) is 3.91. The number of carboxylic acids is 1. The SMILES string of the molecule is O=C(O)C[C@@H]1Cc2c([nH]c3ccccc23)[C@H](c2ccccc2O)N1. The summed E-state index contributed by atoms with van der Waals surface area (Å²) in [7, 11) is 0. The zero-order valence-electron chi connectivity index (χ0n) is 13.0. The van der Waals surface area contributed by atoms with E-state index in [0.717, 1.165) is 27.7 Å². The summed E-state index contributed by atoms with van der Waals surface area (Å²) in [6.45, 7) is 0. The number of aliphatic carboxylic acids is 1. The standard InChI is InChI=1S/C19H18N2O3/c22-16-8-4-2-6-13(16)18-19-14(9-11(20-18)10-17(23)24)12-5-1-3-7-15(12)21-19/h1-8,11,18,20-22H,9-10H2,(H,23,24)/t11-,18-/m0/s1. The van der Waals surface area contributed by atoms with Crippen molar-refractivity contribution in [3.8, 4) is 5.75 Å². The molecule has 0 bridgehead atoms. The third-order valence-electron chi connectivity index (χ3n) is 4.66. The molecule has 0 saturated heterocycles. The molecule has 0 fully saturated rings. The van der Waals surface area contributed by atoms with E-state index < -0.39 is 5.97 Å². The molecule has 0 unspecified atom stereocenters. The molecule has 2 aromatic carbocycles. The number of aromatic hydroxyl groups is 1. The summed E-state index contributed by atoms with van der Waals surface area (Å²) in [5, 5.41) is 24.0. The van der Waals surface area contributed by atoms with Crippen molar-refractivity contribution in [2.45, 2.75) is 24.9 Å². The summed E-state index contributed by atoms with van der Waals surface area (Å²) in [5.74, 6) is -0.623. The Kier molecular flexibility index (Phi) is 3.50. The molecule has 0 spiro atoms. The molecule has 5 nitrogen and oxygen atoms in total. The molecule has 5 heteroatoms. The number of hydrogen-bond acceptors (Lipinski definition) is 3. The molecule has 4 rings (SSSR count). The van der Waals surface area contributed by atoms with E-state index >= 15 is 0 Å². The number of nitrogens with one attached hydrogen (secondary N) is 2. The maximum atomic E-state index is 11.2. The summed E-state index contributed by atoms with van der Waals surface area (Å²) in [6, 6.07) is 14.8. The number of benzene rings is 2. The van der Waals surface area contributed by atoms with E-state index in [4.69, 9.17) is 0 Å². The first-order valence-electron chi connectivity index (χ1n) is 7.98. The van der Waals surface area contributed by atoms with Crippen molar-refractivity contribution in [2.24, 2.45) is 0 Å². The lowest BCUT2D eigenvalue weighted by Crippen LogP contribution is -2.41. The first-order valence-corrected chi connectivity index (χ1v) is 7.98. The van der Waals surface area contributed by atoms with E-state index in [2.05, 4.69) is 16.4 Å². The van der Waals surface area contributed by atoms with Crippen LogP contribution < -0.4 is 5.32 Å². The van der Waals surface area contributed by atoms with Crippen molar-refractivity contribution in [3.05, 3.63) is 65.4 Å². The maximum Gasteiger partial charge on any atom is 0.304 e. The zero-order chi connectivity index (χ0) is 16.7. The van der Waals surface area contributed by atoms with Crippen LogP contribution in [-0.2, 0) is 11.2 Å². The molecule has 2 atom stereocenters. The van der Waals surface area contributed by atoms with Crippen LogP contribution in [0.3, 0.4) is 0 Å². The van der Waals surface area contributed by atoms with Crippen LogP contribution >= 0.6 is 0 Å². The van der Waals surface area contributed by atoms with Gasteiger partial charge in [0.1, 0.15) is 5.75 Å². The van der Waals surface area contributed by atoms with Crippen LogP contribution in [0.25, 0.3) is 10.9 Å². The van der Waals surface area contributed by atoms with Gasteiger partial charge < -0.3 is 20.5 Å². The summed E-state index contributed by atoms with van der Waals surface area (Å²) in [4.78, 5) is 14.6. The Morgan fingerprint density at radius 2 is 1.88 bits per heavy atom. The van der Waals surface area contributed by atoms with Crippen LogP contribution in [0.1, 0.15) is 29.3 Å². The van der Waals surface area contributed by atoms with Gasteiger partial charge in [0, 0.05) is 28.2 Å². The van der Waals surface area contributed by atoms with Crippen LogP contribution in [0.5, 0.6) is 5.75 Å². The van der Waals surface area contributed by atoms with Gasteiger partial charge in [-0.25, -0.2) is 0 Å². The van der Waals surface area contributed by atoms with Crippen LogP contribution in [-0.4, -0.2) is 27.2 Å². The van der Waals surface area contributed by atoms with Crippen molar-refractivity contribution >= 4 is 16.9 Å². The number of carbonyl (C=O) groups is 1. The number of aromatic nitrogens is 1. The van der Waals surface area contributed by atoms with Crippen molar-refractivity contribution < 1.29 is 15.0 Å². The lowest BCUT2D eigenvalue weighted by atomic mass is 9.89. The largest absolute Gasteiger partial charge is 0.508 e. The predicted octanol–water partition coefficient (Wildman–Crippen LogP) is 2.95. The molecule has 4 N–H and O–H groups in total. The number of H-pyrrole nitrogens is 1. The number of fused-ring (bicyclic) bond motifs is 3. The highest BCUT2D eigenvalue weighted by Crippen LogP contribution is 2.38. The van der Waals surface area contributed by atoms with Gasteiger partial charge in [0.05, 0.1) is 12.5 Å². The molecule has 2 heterocycles. The van der Waals surface area contributed by atoms with Gasteiger partial charge in [-0.2, -0.15) is 0 Å². The molecule has 1 aromatic heterocycles. The Bertz CT molecular complexity index is 916. The van der Waals surface area contributed by atoms with E-state index in [1.807, 2.05) is 30.3 Å². The van der Waals surface area contributed by atoms with E-state index in [9.17, 15) is 15.0 Å².